The number of aromatic nitrogens is 3. The van der Waals surface area contributed by atoms with Crippen molar-refractivity contribution >= 4 is 38.8 Å². The molecular formula is C24H25F3N4O5S2. The van der Waals surface area contributed by atoms with E-state index in [1.165, 1.54) is 24.4 Å². The molecule has 9 nitrogen and oxygen atoms in total. The lowest BCUT2D eigenvalue weighted by Crippen LogP contribution is -2.44. The average Bonchev–Trinajstić information content (AvgIpc) is 3.28. The van der Waals surface area contributed by atoms with E-state index in [4.69, 9.17) is 0 Å². The SMILES string of the molecule is CC1(C)C[C@](O)(c2ncc(-c3cc(Nc4nccc(C(F)(F)F)n4)cc(S(C)(=O)=O)c3)s2)CC[C@H]1C(=O)O. The molecule has 2 heterocycles. The molecule has 14 heteroatoms. The molecule has 4 rings (SSSR count). The normalized spacial score (nSPS) is 21.7. The molecule has 1 fully saturated rings. The molecule has 0 aliphatic heterocycles. The van der Waals surface area contributed by atoms with Gasteiger partial charge in [-0.05, 0) is 54.5 Å². The minimum atomic E-state index is -4.68. The molecule has 3 N–H and O–H groups in total. The van der Waals surface area contributed by atoms with Crippen LogP contribution in [0.5, 0.6) is 0 Å². The lowest BCUT2D eigenvalue weighted by molar-refractivity contribution is -0.154. The van der Waals surface area contributed by atoms with Gasteiger partial charge in [0.05, 0.1) is 15.7 Å². The number of aliphatic hydroxyl groups is 1. The van der Waals surface area contributed by atoms with E-state index in [1.807, 2.05) is 0 Å². The second kappa shape index (κ2) is 9.58. The third-order valence-electron chi connectivity index (χ3n) is 6.56. The van der Waals surface area contributed by atoms with E-state index in [0.717, 1.165) is 29.9 Å². The molecule has 38 heavy (non-hydrogen) atoms. The lowest BCUT2D eigenvalue weighted by Gasteiger charge is -2.44. The molecule has 0 spiro atoms. The Kier molecular flexibility index (Phi) is 7.04. The van der Waals surface area contributed by atoms with Gasteiger partial charge in [0.25, 0.3) is 0 Å². The van der Waals surface area contributed by atoms with Crippen LogP contribution in [0.25, 0.3) is 10.4 Å². The lowest BCUT2D eigenvalue weighted by atomic mass is 9.63. The second-order valence-electron chi connectivity index (χ2n) is 10.1. The minimum absolute atomic E-state index is 0.0961. The van der Waals surface area contributed by atoms with E-state index >= 15 is 0 Å². The maximum atomic E-state index is 13.1. The van der Waals surface area contributed by atoms with Gasteiger partial charge >= 0.3 is 12.1 Å². The largest absolute Gasteiger partial charge is 0.481 e. The van der Waals surface area contributed by atoms with Crippen molar-refractivity contribution in [1.29, 1.82) is 0 Å². The number of thiazole rings is 1. The van der Waals surface area contributed by atoms with Gasteiger partial charge in [-0.3, -0.25) is 4.79 Å². The van der Waals surface area contributed by atoms with Crippen molar-refractivity contribution < 1.29 is 36.6 Å². The Morgan fingerprint density at radius 3 is 2.53 bits per heavy atom. The van der Waals surface area contributed by atoms with Crippen LogP contribution in [-0.4, -0.2) is 45.8 Å². The number of carboxylic acids is 1. The Hall–Kier alpha value is -3.10. The first kappa shape index (κ1) is 27.9. The third kappa shape index (κ3) is 5.81. The predicted octanol–water partition coefficient (Wildman–Crippen LogP) is 4.86. The maximum Gasteiger partial charge on any atom is 0.433 e. The molecule has 204 valence electrons. The van der Waals surface area contributed by atoms with E-state index in [1.54, 1.807) is 13.8 Å². The van der Waals surface area contributed by atoms with E-state index in [-0.39, 0.29) is 35.8 Å². The topological polar surface area (TPSA) is 142 Å². The fraction of sp³-hybridized carbons (Fsp3) is 0.417. The van der Waals surface area contributed by atoms with Gasteiger partial charge in [0, 0.05) is 24.3 Å². The molecule has 0 radical (unpaired) electrons. The van der Waals surface area contributed by atoms with Crippen LogP contribution >= 0.6 is 11.3 Å². The summed E-state index contributed by atoms with van der Waals surface area (Å²) in [5, 5.41) is 23.9. The zero-order chi connectivity index (χ0) is 28.1. The summed E-state index contributed by atoms with van der Waals surface area (Å²) in [6.45, 7) is 3.57. The second-order valence-corrected chi connectivity index (χ2v) is 13.1. The van der Waals surface area contributed by atoms with Crippen LogP contribution < -0.4 is 5.32 Å². The molecule has 0 amide bonds. The zero-order valence-electron chi connectivity index (χ0n) is 20.6. The Labute approximate surface area is 220 Å². The van der Waals surface area contributed by atoms with Crippen molar-refractivity contribution in [3.63, 3.8) is 0 Å². The summed E-state index contributed by atoms with van der Waals surface area (Å²) in [7, 11) is -3.72. The first-order valence-corrected chi connectivity index (χ1v) is 14.1. The van der Waals surface area contributed by atoms with Gasteiger partial charge in [-0.2, -0.15) is 13.2 Å². The number of benzene rings is 1. The highest BCUT2D eigenvalue weighted by Gasteiger charge is 2.49. The smallest absolute Gasteiger partial charge is 0.433 e. The highest BCUT2D eigenvalue weighted by Crippen LogP contribution is 2.51. The highest BCUT2D eigenvalue weighted by molar-refractivity contribution is 7.90. The maximum absolute atomic E-state index is 13.1. The number of carboxylic acid groups (broad SMARTS) is 1. The number of nitrogens with zero attached hydrogens (tertiary/aromatic N) is 3. The summed E-state index contributed by atoms with van der Waals surface area (Å²) in [4.78, 5) is 23.7. The summed E-state index contributed by atoms with van der Waals surface area (Å²) in [6, 6.07) is 4.90. The number of aliphatic carboxylic acids is 1. The predicted molar refractivity (Wildman–Crippen MR) is 134 cm³/mol. The van der Waals surface area contributed by atoms with Crippen molar-refractivity contribution in [3.05, 3.63) is 47.4 Å². The van der Waals surface area contributed by atoms with Gasteiger partial charge in [-0.25, -0.2) is 23.4 Å². The van der Waals surface area contributed by atoms with Crippen molar-refractivity contribution in [1.82, 2.24) is 15.0 Å². The zero-order valence-corrected chi connectivity index (χ0v) is 22.2. The molecule has 2 atom stereocenters. The summed E-state index contributed by atoms with van der Waals surface area (Å²) in [6.07, 6.45) is -0.633. The Bertz CT molecular complexity index is 1490. The molecule has 1 aliphatic carbocycles. The van der Waals surface area contributed by atoms with E-state index in [0.29, 0.717) is 15.4 Å². The molecule has 1 saturated carbocycles. The van der Waals surface area contributed by atoms with Crippen LogP contribution in [0.15, 0.2) is 41.6 Å². The number of carbonyl (C=O) groups is 1. The standard InChI is InChI=1S/C24H25F3N4O5S2/c1-22(2)12-23(34,6-4-16(22)19(32)33)20-29-11-17(37-20)13-8-14(10-15(9-13)38(3,35)36)30-21-28-7-5-18(31-21)24(25,26)27/h5,7-11,16,34H,4,6,12H2,1-3H3,(H,32,33)(H,28,30,31)/t16-,23-/m0/s1. The van der Waals surface area contributed by atoms with Crippen molar-refractivity contribution in [2.75, 3.05) is 11.6 Å². The molecule has 0 unspecified atom stereocenters. The van der Waals surface area contributed by atoms with Crippen molar-refractivity contribution in [2.24, 2.45) is 11.3 Å². The van der Waals surface area contributed by atoms with Crippen molar-refractivity contribution in [2.45, 2.75) is 49.8 Å². The van der Waals surface area contributed by atoms with E-state index < -0.39 is 44.6 Å². The number of rotatable bonds is 6. The Balaban J connectivity index is 1.69. The first-order valence-electron chi connectivity index (χ1n) is 11.4. The number of hydrogen-bond donors (Lipinski definition) is 3. The van der Waals surface area contributed by atoms with Gasteiger partial charge in [0.15, 0.2) is 9.84 Å². The van der Waals surface area contributed by atoms with Gasteiger partial charge in [0.1, 0.15) is 16.3 Å². The fourth-order valence-electron chi connectivity index (χ4n) is 4.74. The number of nitrogens with one attached hydrogen (secondary N) is 1. The molecule has 0 saturated heterocycles. The molecule has 0 bridgehead atoms. The third-order valence-corrected chi connectivity index (χ3v) is 8.89. The van der Waals surface area contributed by atoms with E-state index in [2.05, 4.69) is 20.3 Å². The highest BCUT2D eigenvalue weighted by atomic mass is 32.2. The number of sulfone groups is 1. The quantitative estimate of drug-likeness (QED) is 0.378. The van der Waals surface area contributed by atoms with Crippen LogP contribution in [0, 0.1) is 11.3 Å². The first-order chi connectivity index (χ1) is 17.5. The molecular weight excluding hydrogens is 545 g/mol. The van der Waals surface area contributed by atoms with Crippen LogP contribution in [0.1, 0.15) is 43.8 Å². The Morgan fingerprint density at radius 2 is 1.92 bits per heavy atom. The summed E-state index contributed by atoms with van der Waals surface area (Å²) < 4.78 is 63.9. The van der Waals surface area contributed by atoms with E-state index in [9.17, 15) is 36.6 Å². The van der Waals surface area contributed by atoms with Gasteiger partial charge in [0.2, 0.25) is 5.95 Å². The van der Waals surface area contributed by atoms with Gasteiger partial charge < -0.3 is 15.5 Å². The summed E-state index contributed by atoms with van der Waals surface area (Å²) in [5.41, 5.74) is -2.68. The van der Waals surface area contributed by atoms with Gasteiger partial charge in [-0.15, -0.1) is 11.3 Å². The van der Waals surface area contributed by atoms with Crippen LogP contribution in [0.3, 0.4) is 0 Å². The summed E-state index contributed by atoms with van der Waals surface area (Å²) in [5.74, 6) is -1.90. The minimum Gasteiger partial charge on any atom is -0.481 e. The monoisotopic (exact) mass is 570 g/mol. The fourth-order valence-corrected chi connectivity index (χ4v) is 6.44. The van der Waals surface area contributed by atoms with Crippen molar-refractivity contribution in [3.8, 4) is 10.4 Å². The molecule has 1 aromatic carbocycles. The number of halogens is 3. The summed E-state index contributed by atoms with van der Waals surface area (Å²) >= 11 is 1.13. The van der Waals surface area contributed by atoms with Gasteiger partial charge in [-0.1, -0.05) is 13.8 Å². The number of hydrogen-bond acceptors (Lipinski definition) is 9. The van der Waals surface area contributed by atoms with Crippen LogP contribution in [0.2, 0.25) is 0 Å². The Morgan fingerprint density at radius 1 is 1.21 bits per heavy atom. The molecule has 1 aliphatic rings. The average molecular weight is 571 g/mol. The molecule has 3 aromatic rings. The van der Waals surface area contributed by atoms with Crippen LogP contribution in [-0.2, 0) is 26.4 Å². The number of alkyl halides is 3. The number of anilines is 2. The molecule has 2 aromatic heterocycles. The van der Waals surface area contributed by atoms with Crippen LogP contribution in [0.4, 0.5) is 24.8 Å².